The number of hydrogen-bond donors (Lipinski definition) is 5. The number of amides is 1. The van der Waals surface area contributed by atoms with Crippen molar-refractivity contribution in [3.63, 3.8) is 0 Å². The van der Waals surface area contributed by atoms with Crippen molar-refractivity contribution >= 4 is 29.3 Å². The topological polar surface area (TPSA) is 130 Å². The minimum Gasteiger partial charge on any atom is -0.497 e. The smallest absolute Gasteiger partial charge is 0.240 e. The molecule has 3 aliphatic heterocycles. The number of nitrogens with one attached hydrogen (secondary N) is 2. The third kappa shape index (κ3) is 5.81. The predicted molar refractivity (Wildman–Crippen MR) is 137 cm³/mol. The molecule has 0 radical (unpaired) electrons. The number of halogens is 1. The summed E-state index contributed by atoms with van der Waals surface area (Å²) in [5.41, 5.74) is 0.480. The van der Waals surface area contributed by atoms with Crippen LogP contribution in [0.25, 0.3) is 0 Å². The molecule has 202 valence electrons. The number of benzene rings is 1. The molecule has 0 saturated carbocycles. The van der Waals surface area contributed by atoms with E-state index in [1.165, 1.54) is 17.3 Å². The van der Waals surface area contributed by atoms with Gasteiger partial charge in [-0.1, -0.05) is 12.1 Å². The minimum absolute atomic E-state index is 0.164. The lowest BCUT2D eigenvalue weighted by atomic mass is 9.85. The van der Waals surface area contributed by atoms with Gasteiger partial charge in [0.2, 0.25) is 5.91 Å². The molecule has 0 bridgehead atoms. The molecule has 1 amide bonds. The van der Waals surface area contributed by atoms with Crippen LogP contribution in [0.4, 0.5) is 0 Å². The molecule has 3 heterocycles. The van der Waals surface area contributed by atoms with Gasteiger partial charge < -0.3 is 40.2 Å². The maximum Gasteiger partial charge on any atom is 0.240 e. The lowest BCUT2D eigenvalue weighted by Crippen LogP contribution is -2.65. The largest absolute Gasteiger partial charge is 0.497 e. The van der Waals surface area contributed by atoms with Crippen LogP contribution in [0.5, 0.6) is 5.75 Å². The summed E-state index contributed by atoms with van der Waals surface area (Å²) in [6, 6.07) is 6.75. The standard InChI is InChI=1S/C25H37ClN2O7S/c1-12(26)17(23-20(30)19(29)21(31)25(35-23)36-3)28-24(32)18-22-15(11-27-18)10-14(8-9-34-22)13-4-6-16(33-2)7-5-13/h4-7,12,14-15,17-23,25,27,29-31H,8-11H2,1-3H3,(H,28,32)/t12-,14+,15-,17?,18-,19?,20?,21?,22+,23+,25?/m0/s1. The predicted octanol–water partition coefficient (Wildman–Crippen LogP) is 0.829. The molecule has 1 aromatic carbocycles. The van der Waals surface area contributed by atoms with Gasteiger partial charge in [0.1, 0.15) is 41.6 Å². The van der Waals surface area contributed by atoms with Crippen LogP contribution in [0.3, 0.4) is 0 Å². The number of hydrogen-bond acceptors (Lipinski definition) is 9. The Morgan fingerprint density at radius 2 is 1.94 bits per heavy atom. The van der Waals surface area contributed by atoms with E-state index in [2.05, 4.69) is 22.8 Å². The average molecular weight is 545 g/mol. The Kier molecular flexibility index (Phi) is 9.43. The van der Waals surface area contributed by atoms with Crippen LogP contribution in [0.1, 0.15) is 31.2 Å². The number of alkyl halides is 1. The maximum absolute atomic E-state index is 13.4. The second-order valence-electron chi connectivity index (χ2n) is 9.86. The van der Waals surface area contributed by atoms with Gasteiger partial charge in [0.25, 0.3) is 0 Å². The average Bonchev–Trinajstić information content (AvgIpc) is 3.16. The lowest BCUT2D eigenvalue weighted by molar-refractivity contribution is -0.205. The van der Waals surface area contributed by atoms with Gasteiger partial charge in [-0.3, -0.25) is 4.79 Å². The van der Waals surface area contributed by atoms with E-state index in [9.17, 15) is 20.1 Å². The quantitative estimate of drug-likeness (QED) is 0.317. The van der Waals surface area contributed by atoms with Crippen LogP contribution < -0.4 is 15.4 Å². The van der Waals surface area contributed by atoms with Crippen LogP contribution >= 0.6 is 23.4 Å². The van der Waals surface area contributed by atoms with Crippen molar-refractivity contribution in [2.45, 2.75) is 79.1 Å². The molecule has 3 aliphatic rings. The highest BCUT2D eigenvalue weighted by Crippen LogP contribution is 2.37. The van der Waals surface area contributed by atoms with Gasteiger partial charge in [0.05, 0.1) is 24.6 Å². The van der Waals surface area contributed by atoms with Crippen molar-refractivity contribution < 1.29 is 34.3 Å². The molecular weight excluding hydrogens is 508 g/mol. The lowest BCUT2D eigenvalue weighted by Gasteiger charge is -2.44. The fraction of sp³-hybridized carbons (Fsp3) is 0.720. The fourth-order valence-electron chi connectivity index (χ4n) is 5.56. The first kappa shape index (κ1) is 27.9. The molecule has 36 heavy (non-hydrogen) atoms. The molecule has 4 rings (SSSR count). The van der Waals surface area contributed by atoms with Gasteiger partial charge in [-0.05, 0) is 49.6 Å². The van der Waals surface area contributed by atoms with Crippen LogP contribution in [0.2, 0.25) is 0 Å². The molecule has 1 aromatic rings. The number of ether oxygens (including phenoxy) is 3. The van der Waals surface area contributed by atoms with Crippen molar-refractivity contribution in [3.05, 3.63) is 29.8 Å². The summed E-state index contributed by atoms with van der Waals surface area (Å²) < 4.78 is 17.3. The van der Waals surface area contributed by atoms with Gasteiger partial charge in [-0.15, -0.1) is 23.4 Å². The van der Waals surface area contributed by atoms with Crippen LogP contribution in [0, 0.1) is 5.92 Å². The first-order valence-electron chi connectivity index (χ1n) is 12.4. The van der Waals surface area contributed by atoms with Crippen LogP contribution in [-0.2, 0) is 14.3 Å². The third-order valence-electron chi connectivity index (χ3n) is 7.62. The number of carbonyl (C=O) groups excluding carboxylic acids is 1. The summed E-state index contributed by atoms with van der Waals surface area (Å²) in [7, 11) is 1.65. The van der Waals surface area contributed by atoms with Gasteiger partial charge >= 0.3 is 0 Å². The van der Waals surface area contributed by atoms with Crippen molar-refractivity contribution in [1.29, 1.82) is 0 Å². The Morgan fingerprint density at radius 1 is 1.22 bits per heavy atom. The Hall–Kier alpha value is -1.11. The van der Waals surface area contributed by atoms with E-state index in [0.29, 0.717) is 19.1 Å². The van der Waals surface area contributed by atoms with E-state index in [1.54, 1.807) is 20.3 Å². The Morgan fingerprint density at radius 3 is 2.58 bits per heavy atom. The molecule has 3 fully saturated rings. The molecule has 11 atom stereocenters. The summed E-state index contributed by atoms with van der Waals surface area (Å²) >= 11 is 7.64. The van der Waals surface area contributed by atoms with E-state index in [0.717, 1.165) is 18.6 Å². The second-order valence-corrected chi connectivity index (χ2v) is 11.5. The highest BCUT2D eigenvalue weighted by atomic mass is 35.5. The SMILES string of the molecule is COc1ccc([C@@H]2CCO[C@@H]3[C@H](CN[C@@H]3C(=O)NC([C@H]3OC(SC)C(O)C(O)C3O)[C@H](C)Cl)C2)cc1. The number of thioether (sulfide) groups is 1. The van der Waals surface area contributed by atoms with Gasteiger partial charge in [0, 0.05) is 19.1 Å². The fourth-order valence-corrected chi connectivity index (χ4v) is 6.45. The molecule has 9 nitrogen and oxygen atoms in total. The Bertz CT molecular complexity index is 876. The Labute approximate surface area is 221 Å². The molecule has 0 aliphatic carbocycles. The second kappa shape index (κ2) is 12.2. The van der Waals surface area contributed by atoms with Gasteiger partial charge in [-0.2, -0.15) is 0 Å². The normalized spacial score (nSPS) is 38.5. The number of aliphatic hydroxyl groups is 3. The van der Waals surface area contributed by atoms with Gasteiger partial charge in [-0.25, -0.2) is 0 Å². The molecule has 5 unspecified atom stereocenters. The van der Waals surface area contributed by atoms with E-state index in [1.807, 2.05) is 12.1 Å². The van der Waals surface area contributed by atoms with Crippen LogP contribution in [0.15, 0.2) is 24.3 Å². The van der Waals surface area contributed by atoms with Crippen LogP contribution in [-0.4, -0.2) is 101 Å². The van der Waals surface area contributed by atoms with Crippen molar-refractivity contribution in [1.82, 2.24) is 10.6 Å². The number of carbonyl (C=O) groups is 1. The number of methoxy groups -OCH3 is 1. The summed E-state index contributed by atoms with van der Waals surface area (Å²) in [4.78, 5) is 13.4. The van der Waals surface area contributed by atoms with Crippen molar-refractivity contribution in [2.24, 2.45) is 5.92 Å². The molecule has 5 N–H and O–H groups in total. The Balaban J connectivity index is 1.43. The van der Waals surface area contributed by atoms with Crippen molar-refractivity contribution in [3.8, 4) is 5.75 Å². The zero-order valence-electron chi connectivity index (χ0n) is 20.7. The summed E-state index contributed by atoms with van der Waals surface area (Å²) in [6.45, 7) is 2.89. The zero-order valence-corrected chi connectivity index (χ0v) is 22.3. The van der Waals surface area contributed by atoms with E-state index in [-0.39, 0.29) is 17.9 Å². The number of rotatable bonds is 7. The van der Waals surface area contributed by atoms with E-state index >= 15 is 0 Å². The highest BCUT2D eigenvalue weighted by molar-refractivity contribution is 7.99. The van der Waals surface area contributed by atoms with Crippen molar-refractivity contribution in [2.75, 3.05) is 26.5 Å². The summed E-state index contributed by atoms with van der Waals surface area (Å²) in [6.07, 6.45) is -1.84. The molecule has 11 heteroatoms. The third-order valence-corrected chi connectivity index (χ3v) is 8.75. The van der Waals surface area contributed by atoms with Gasteiger partial charge in [0.15, 0.2) is 0 Å². The first-order chi connectivity index (χ1) is 17.2. The summed E-state index contributed by atoms with van der Waals surface area (Å²) in [5, 5.41) is 36.8. The monoisotopic (exact) mass is 544 g/mol. The molecule has 3 saturated heterocycles. The summed E-state index contributed by atoms with van der Waals surface area (Å²) in [5.74, 6) is 1.02. The number of fused-ring (bicyclic) bond motifs is 1. The highest BCUT2D eigenvalue weighted by Gasteiger charge is 2.49. The first-order valence-corrected chi connectivity index (χ1v) is 14.1. The molecular formula is C25H37ClN2O7S. The minimum atomic E-state index is -1.41. The molecule has 0 aromatic heterocycles. The zero-order chi connectivity index (χ0) is 26.0. The molecule has 0 spiro atoms. The number of aliphatic hydroxyl groups excluding tert-OH is 3. The van der Waals surface area contributed by atoms with E-state index < -0.39 is 47.3 Å². The van der Waals surface area contributed by atoms with E-state index in [4.69, 9.17) is 25.8 Å². The maximum atomic E-state index is 13.4.